The quantitative estimate of drug-likeness (QED) is 0.0500. The van der Waals surface area contributed by atoms with Gasteiger partial charge in [-0.15, -0.1) is 0 Å². The third kappa shape index (κ3) is 18.4. The van der Waals surface area contributed by atoms with Gasteiger partial charge in [0.2, 0.25) is 0 Å². The Hall–Kier alpha value is -15.0. The molecule has 1 saturated heterocycles. The molecule has 0 radical (unpaired) electrons. The minimum atomic E-state index is -0.935. The van der Waals surface area contributed by atoms with Crippen LogP contribution in [-0.2, 0) is 18.9 Å². The Morgan fingerprint density at radius 2 is 0.528 bits per heavy atom. The van der Waals surface area contributed by atoms with Crippen LogP contribution in [0.15, 0.2) is 417 Å². The number of fused-ring (bicyclic) bond motifs is 12. The average molecular weight is 1730 g/mol. The minimum Gasteiger partial charge on any atom is -0.508 e. The number of aliphatic carboxylic acids is 1. The van der Waals surface area contributed by atoms with Gasteiger partial charge in [-0.2, -0.15) is 0 Å². The lowest BCUT2D eigenvalue weighted by atomic mass is 9.79. The van der Waals surface area contributed by atoms with Gasteiger partial charge in [-0.3, -0.25) is 0 Å². The van der Waals surface area contributed by atoms with E-state index in [0.717, 1.165) is 55.1 Å². The Morgan fingerprint density at radius 1 is 0.315 bits per heavy atom. The lowest BCUT2D eigenvalue weighted by Gasteiger charge is -2.32. The van der Waals surface area contributed by atoms with Crippen LogP contribution in [0.25, 0.3) is 143 Å². The molecule has 15 heteroatoms. The third-order valence-electron chi connectivity index (χ3n) is 23.2. The summed E-state index contributed by atoms with van der Waals surface area (Å²) in [6.07, 6.45) is 0. The van der Waals surface area contributed by atoms with E-state index in [-0.39, 0.29) is 29.6 Å². The molecule has 0 aliphatic carbocycles. The fourth-order valence-corrected chi connectivity index (χ4v) is 16.2. The van der Waals surface area contributed by atoms with E-state index < -0.39 is 11.9 Å². The molecule has 4 aromatic heterocycles. The van der Waals surface area contributed by atoms with Gasteiger partial charge in [0.25, 0.3) is 0 Å². The number of aromatic hydroxyl groups is 1. The number of methoxy groups -OCH3 is 2. The molecule has 0 saturated carbocycles. The molecule has 20 aromatic rings. The number of aromatic nitrogens is 4. The van der Waals surface area contributed by atoms with Crippen LogP contribution in [0.4, 0.5) is 0 Å². The van der Waals surface area contributed by atoms with Crippen molar-refractivity contribution in [1.82, 2.24) is 18.3 Å². The van der Waals surface area contributed by atoms with Gasteiger partial charge in [-0.05, 0) is 238 Å². The van der Waals surface area contributed by atoms with Gasteiger partial charge in [0.15, 0.2) is 0 Å². The van der Waals surface area contributed by atoms with Gasteiger partial charge in [-0.25, -0.2) is 9.59 Å². The molecule has 2 N–H and O–H groups in total. The highest BCUT2D eigenvalue weighted by atomic mass is 79.9. The van der Waals surface area contributed by atoms with Crippen LogP contribution in [0, 0.1) is 0 Å². The summed E-state index contributed by atoms with van der Waals surface area (Å²) in [4.78, 5) is 21.3. The van der Waals surface area contributed by atoms with Crippen molar-refractivity contribution in [3.63, 3.8) is 0 Å². The zero-order chi connectivity index (χ0) is 88.5. The molecule has 0 bridgehead atoms. The van der Waals surface area contributed by atoms with Gasteiger partial charge < -0.3 is 52.0 Å². The SMILES string of the molecule is Brc1ccc(-n2c3ccccc3c3ccccc32)cc1.C=C(C)C(=O)O.C=C(C)C(=O)Oc1ccc(-c2ccc(-n3c4ccccc4c4ccccc43)cc2)cc1.COc1ccc(-c2ccc(-n3c4ccccc4c4ccccc43)cc2)cc1.COc1ccc(B2OC(C)(C)C(C)(C)O2)cc1.Oc1ccc(-c2ccc(-n3c4ccccc4c4ccccc43)cc2)cc1. The Kier molecular flexibility index (Phi) is 25.3. The number of halogens is 1. The first-order chi connectivity index (χ1) is 61.6. The predicted octanol–water partition coefficient (Wildman–Crippen LogP) is 27.7. The van der Waals surface area contributed by atoms with Crippen molar-refractivity contribution in [3.05, 3.63) is 417 Å². The van der Waals surface area contributed by atoms with Crippen LogP contribution in [0.5, 0.6) is 23.0 Å². The molecule has 5 heterocycles. The fraction of sp³-hybridized carbons (Fsp3) is 0.0893. The van der Waals surface area contributed by atoms with E-state index in [4.69, 9.17) is 28.6 Å². The van der Waals surface area contributed by atoms with Crippen LogP contribution in [0.3, 0.4) is 0 Å². The summed E-state index contributed by atoms with van der Waals surface area (Å²) in [7, 11) is 3.05. The van der Waals surface area contributed by atoms with E-state index in [0.29, 0.717) is 11.3 Å². The minimum absolute atomic E-state index is 0.176. The Labute approximate surface area is 747 Å². The summed E-state index contributed by atoms with van der Waals surface area (Å²) in [5.74, 6) is 1.17. The first kappa shape index (κ1) is 85.6. The van der Waals surface area contributed by atoms with E-state index in [2.05, 4.69) is 378 Å². The number of ether oxygens (including phenoxy) is 3. The highest BCUT2D eigenvalue weighted by Gasteiger charge is 2.51. The molecule has 1 aliphatic heterocycles. The molecule has 0 unspecified atom stereocenters. The lowest BCUT2D eigenvalue weighted by Crippen LogP contribution is -2.41. The van der Waals surface area contributed by atoms with Gasteiger partial charge in [-0.1, -0.05) is 260 Å². The Balaban J connectivity index is 0.000000116. The number of carbonyl (C=O) groups is 2. The van der Waals surface area contributed by atoms with E-state index >= 15 is 0 Å². The van der Waals surface area contributed by atoms with Gasteiger partial charge in [0.1, 0.15) is 23.0 Å². The van der Waals surface area contributed by atoms with Crippen LogP contribution in [-0.4, -0.2) is 73.0 Å². The molecule has 0 spiro atoms. The standard InChI is InChI=1S/C28H21NO2.C25H19NO.C24H17NO.C18H12BrN.C13H19BO3.C4H6O2/c1-19(2)28(30)31-23-17-13-21(14-18-23)20-11-15-22(16-12-20)29-26-9-5-3-7-24(26)25-8-4-6-10-27(25)29;1-27-21-16-12-19(13-17-21)18-10-14-20(15-11-18)26-24-8-4-2-6-22(24)23-7-3-5-9-25(23)26;26-20-15-11-18(12-16-20)17-9-13-19(14-10-17)25-23-7-3-1-5-21(23)22-6-2-4-8-24(22)25;19-13-9-11-14(12-10-13)20-17-7-3-1-5-15(17)16-6-2-4-8-18(16)20;1-12(2)13(3,4)17-14(16-12)10-6-8-11(15-5)9-7-10;1-3(2)4(5)6/h3-18H,1H2,2H3;2-17H,1H3;1-16,26H;1-12H;6-9H,1-5H3;1H2,2H3,(H,5,6). The largest absolute Gasteiger partial charge is 0.508 e. The summed E-state index contributed by atoms with van der Waals surface area (Å²) < 4.78 is 37.9. The topological polar surface area (TPSA) is 140 Å². The monoisotopic (exact) mass is 1730 g/mol. The summed E-state index contributed by atoms with van der Waals surface area (Å²) >= 11 is 3.50. The fourth-order valence-electron chi connectivity index (χ4n) is 15.9. The molecular weight excluding hydrogens is 1640 g/mol. The number of carboxylic acids is 1. The molecule has 13 nitrogen and oxygen atoms in total. The number of carboxylic acid groups (broad SMARTS) is 1. The number of carbonyl (C=O) groups excluding carboxylic acids is 1. The normalized spacial score (nSPS) is 12.4. The number of para-hydroxylation sites is 8. The van der Waals surface area contributed by atoms with Crippen molar-refractivity contribution < 1.29 is 43.3 Å². The number of esters is 1. The van der Waals surface area contributed by atoms with Crippen molar-refractivity contribution in [2.75, 3.05) is 14.2 Å². The highest BCUT2D eigenvalue weighted by Crippen LogP contribution is 2.40. The van der Waals surface area contributed by atoms with Crippen molar-refractivity contribution in [2.45, 2.75) is 52.7 Å². The number of hydrogen-bond donors (Lipinski definition) is 2. The molecule has 0 atom stereocenters. The summed E-state index contributed by atoms with van der Waals surface area (Å²) in [6, 6.07) is 133. The van der Waals surface area contributed by atoms with Crippen molar-refractivity contribution in [3.8, 4) is 79.1 Å². The number of benzene rings is 16. The number of nitrogens with zero attached hydrogens (tertiary/aromatic N) is 4. The zero-order valence-electron chi connectivity index (χ0n) is 71.9. The maximum absolute atomic E-state index is 11.7. The molecule has 0 amide bonds. The molecule has 626 valence electrons. The maximum Gasteiger partial charge on any atom is 0.494 e. The highest BCUT2D eigenvalue weighted by molar-refractivity contribution is 9.10. The van der Waals surface area contributed by atoms with E-state index in [1.165, 1.54) is 117 Å². The lowest BCUT2D eigenvalue weighted by molar-refractivity contribution is -0.132. The van der Waals surface area contributed by atoms with Crippen LogP contribution in [0.2, 0.25) is 0 Å². The molecule has 127 heavy (non-hydrogen) atoms. The second-order valence-electron chi connectivity index (χ2n) is 32.0. The van der Waals surface area contributed by atoms with Crippen LogP contribution in [0.1, 0.15) is 41.5 Å². The average Bonchev–Trinajstić information content (AvgIpc) is 1.62. The van der Waals surface area contributed by atoms with E-state index in [1.807, 2.05) is 60.7 Å². The number of hydrogen-bond acceptors (Lipinski definition) is 8. The summed E-state index contributed by atoms with van der Waals surface area (Å²) in [5, 5.41) is 27.6. The second-order valence-corrected chi connectivity index (χ2v) is 32.9. The first-order valence-electron chi connectivity index (χ1n) is 41.9. The molecule has 16 aromatic carbocycles. The predicted molar refractivity (Wildman–Crippen MR) is 527 cm³/mol. The smallest absolute Gasteiger partial charge is 0.494 e. The Bertz CT molecular complexity index is 7120. The number of phenolic OH excluding ortho intramolecular Hbond substituents is 1. The maximum atomic E-state index is 11.7. The second kappa shape index (κ2) is 37.6. The number of phenols is 1. The molecule has 1 aliphatic rings. The summed E-state index contributed by atoms with van der Waals surface area (Å²) in [5.41, 5.74) is 22.1. The van der Waals surface area contributed by atoms with Crippen molar-refractivity contribution in [2.24, 2.45) is 0 Å². The Morgan fingerprint density at radius 3 is 0.764 bits per heavy atom. The first-order valence-corrected chi connectivity index (χ1v) is 42.7. The van der Waals surface area contributed by atoms with Crippen molar-refractivity contribution >= 4 is 128 Å². The molecular formula is C112H94BBrN4O9. The van der Waals surface area contributed by atoms with E-state index in [1.54, 1.807) is 45.4 Å². The van der Waals surface area contributed by atoms with E-state index in [9.17, 15) is 14.7 Å². The third-order valence-corrected chi connectivity index (χ3v) is 23.7. The molecule has 21 rings (SSSR count). The summed E-state index contributed by atoms with van der Waals surface area (Å²) in [6.45, 7) is 18.1. The number of rotatable bonds is 13. The zero-order valence-corrected chi connectivity index (χ0v) is 73.4. The molecule has 1 fully saturated rings. The van der Waals surface area contributed by atoms with Crippen molar-refractivity contribution in [1.29, 1.82) is 0 Å². The van der Waals surface area contributed by atoms with Gasteiger partial charge in [0.05, 0.1) is 69.6 Å². The van der Waals surface area contributed by atoms with Gasteiger partial charge >= 0.3 is 19.1 Å². The van der Waals surface area contributed by atoms with Crippen LogP contribution >= 0.6 is 15.9 Å². The van der Waals surface area contributed by atoms with Gasteiger partial charge in [0, 0.05) is 81.5 Å². The van der Waals surface area contributed by atoms with Crippen LogP contribution < -0.4 is 19.7 Å².